The standard InChI is InChI=1S/C14H16N2OS/c1-16-7-5-10(6-8-16)14-15-12-9-11(17-2)3-4-13(12)18-14/h3-5,9H,6-8H2,1-2H3. The van der Waals surface area contributed by atoms with E-state index < -0.39 is 0 Å². The molecule has 0 amide bonds. The number of nitrogens with zero attached hydrogens (tertiary/aromatic N) is 2. The summed E-state index contributed by atoms with van der Waals surface area (Å²) in [6, 6.07) is 6.09. The van der Waals surface area contributed by atoms with Crippen LogP contribution in [0.5, 0.6) is 5.75 Å². The molecule has 2 aromatic rings. The molecule has 0 aliphatic carbocycles. The number of thiazole rings is 1. The van der Waals surface area contributed by atoms with Crippen molar-refractivity contribution in [1.82, 2.24) is 9.88 Å². The van der Waals surface area contributed by atoms with Crippen LogP contribution in [0.15, 0.2) is 24.3 Å². The van der Waals surface area contributed by atoms with Gasteiger partial charge in [0, 0.05) is 19.2 Å². The minimum absolute atomic E-state index is 0.872. The number of likely N-dealkylation sites (N-methyl/N-ethyl adjacent to an activating group) is 1. The molecule has 3 rings (SSSR count). The summed E-state index contributed by atoms with van der Waals surface area (Å²) in [6.45, 7) is 2.14. The molecule has 0 atom stereocenters. The van der Waals surface area contributed by atoms with Gasteiger partial charge < -0.3 is 9.64 Å². The molecular formula is C14H16N2OS. The van der Waals surface area contributed by atoms with E-state index in [0.29, 0.717) is 0 Å². The van der Waals surface area contributed by atoms with Gasteiger partial charge in [0.1, 0.15) is 10.8 Å². The van der Waals surface area contributed by atoms with Crippen LogP contribution in [0, 0.1) is 0 Å². The van der Waals surface area contributed by atoms with E-state index in [0.717, 1.165) is 35.8 Å². The van der Waals surface area contributed by atoms with Gasteiger partial charge in [0.2, 0.25) is 0 Å². The number of hydrogen-bond donors (Lipinski definition) is 0. The van der Waals surface area contributed by atoms with Gasteiger partial charge in [-0.25, -0.2) is 4.98 Å². The van der Waals surface area contributed by atoms with Crippen molar-refractivity contribution in [3.8, 4) is 5.75 Å². The van der Waals surface area contributed by atoms with Crippen molar-refractivity contribution in [3.63, 3.8) is 0 Å². The van der Waals surface area contributed by atoms with Crippen LogP contribution in [0.2, 0.25) is 0 Å². The van der Waals surface area contributed by atoms with Gasteiger partial charge in [-0.05, 0) is 31.2 Å². The molecule has 0 radical (unpaired) electrons. The third-order valence-corrected chi connectivity index (χ3v) is 4.39. The van der Waals surface area contributed by atoms with Crippen molar-refractivity contribution < 1.29 is 4.74 Å². The first-order valence-electron chi connectivity index (χ1n) is 6.09. The highest BCUT2D eigenvalue weighted by Crippen LogP contribution is 2.31. The third-order valence-electron chi connectivity index (χ3n) is 3.28. The maximum atomic E-state index is 5.23. The van der Waals surface area contributed by atoms with Crippen molar-refractivity contribution in [2.75, 3.05) is 27.2 Å². The van der Waals surface area contributed by atoms with Crippen LogP contribution in [0.1, 0.15) is 11.4 Å². The van der Waals surface area contributed by atoms with E-state index >= 15 is 0 Å². The fourth-order valence-electron chi connectivity index (χ4n) is 2.14. The molecule has 0 fully saturated rings. The van der Waals surface area contributed by atoms with Crippen LogP contribution >= 0.6 is 11.3 Å². The summed E-state index contributed by atoms with van der Waals surface area (Å²) in [4.78, 5) is 7.04. The summed E-state index contributed by atoms with van der Waals surface area (Å²) in [5.41, 5.74) is 2.42. The highest BCUT2D eigenvalue weighted by atomic mass is 32.1. The summed E-state index contributed by atoms with van der Waals surface area (Å²) >= 11 is 1.77. The Balaban J connectivity index is 1.98. The zero-order valence-corrected chi connectivity index (χ0v) is 11.5. The number of hydrogen-bond acceptors (Lipinski definition) is 4. The predicted molar refractivity (Wildman–Crippen MR) is 76.3 cm³/mol. The lowest BCUT2D eigenvalue weighted by Gasteiger charge is -2.20. The summed E-state index contributed by atoms with van der Waals surface area (Å²) < 4.78 is 6.46. The smallest absolute Gasteiger partial charge is 0.121 e. The summed E-state index contributed by atoms with van der Waals surface area (Å²) in [6.07, 6.45) is 3.38. The lowest BCUT2D eigenvalue weighted by molar-refractivity contribution is 0.370. The van der Waals surface area contributed by atoms with Crippen LogP contribution in [0.25, 0.3) is 15.8 Å². The number of methoxy groups -OCH3 is 1. The van der Waals surface area contributed by atoms with Gasteiger partial charge in [0.25, 0.3) is 0 Å². The highest BCUT2D eigenvalue weighted by molar-refractivity contribution is 7.19. The SMILES string of the molecule is COc1ccc2sc(C3=CCN(C)CC3)nc2c1. The minimum Gasteiger partial charge on any atom is -0.497 e. The zero-order valence-electron chi connectivity index (χ0n) is 10.6. The predicted octanol–water partition coefficient (Wildman–Crippen LogP) is 3.02. The first kappa shape index (κ1) is 11.7. The van der Waals surface area contributed by atoms with Crippen LogP contribution in [0.3, 0.4) is 0 Å². The molecule has 1 aromatic heterocycles. The Morgan fingerprint density at radius 2 is 2.28 bits per heavy atom. The van der Waals surface area contributed by atoms with E-state index in [4.69, 9.17) is 9.72 Å². The lowest BCUT2D eigenvalue weighted by atomic mass is 10.1. The van der Waals surface area contributed by atoms with Gasteiger partial charge in [-0.1, -0.05) is 6.08 Å². The van der Waals surface area contributed by atoms with Crippen molar-refractivity contribution in [1.29, 1.82) is 0 Å². The number of fused-ring (bicyclic) bond motifs is 1. The van der Waals surface area contributed by atoms with Gasteiger partial charge in [0.15, 0.2) is 0 Å². The van der Waals surface area contributed by atoms with Crippen LogP contribution in [-0.2, 0) is 0 Å². The lowest BCUT2D eigenvalue weighted by Crippen LogP contribution is -2.23. The molecule has 0 saturated heterocycles. The Morgan fingerprint density at radius 1 is 1.39 bits per heavy atom. The topological polar surface area (TPSA) is 25.4 Å². The van der Waals surface area contributed by atoms with E-state index in [2.05, 4.69) is 24.1 Å². The number of benzene rings is 1. The average Bonchev–Trinajstić information content (AvgIpc) is 2.82. The first-order chi connectivity index (χ1) is 8.76. The van der Waals surface area contributed by atoms with Crippen LogP contribution < -0.4 is 4.74 Å². The van der Waals surface area contributed by atoms with E-state index in [-0.39, 0.29) is 0 Å². The largest absolute Gasteiger partial charge is 0.497 e. The van der Waals surface area contributed by atoms with E-state index in [1.807, 2.05) is 12.1 Å². The van der Waals surface area contributed by atoms with Gasteiger partial charge in [-0.2, -0.15) is 0 Å². The zero-order chi connectivity index (χ0) is 12.5. The summed E-state index contributed by atoms with van der Waals surface area (Å²) in [5.74, 6) is 0.872. The molecule has 3 nitrogen and oxygen atoms in total. The van der Waals surface area contributed by atoms with Crippen molar-refractivity contribution >= 4 is 27.1 Å². The Morgan fingerprint density at radius 3 is 3.00 bits per heavy atom. The number of aromatic nitrogens is 1. The molecule has 94 valence electrons. The second-order valence-electron chi connectivity index (χ2n) is 4.59. The van der Waals surface area contributed by atoms with Crippen molar-refractivity contribution in [2.24, 2.45) is 0 Å². The van der Waals surface area contributed by atoms with E-state index in [1.165, 1.54) is 10.3 Å². The molecule has 1 aliphatic rings. The molecule has 0 bridgehead atoms. The van der Waals surface area contributed by atoms with Gasteiger partial charge >= 0.3 is 0 Å². The first-order valence-corrected chi connectivity index (χ1v) is 6.90. The molecular weight excluding hydrogens is 244 g/mol. The monoisotopic (exact) mass is 260 g/mol. The maximum absolute atomic E-state index is 5.23. The van der Waals surface area contributed by atoms with Crippen molar-refractivity contribution in [3.05, 3.63) is 29.3 Å². The molecule has 4 heteroatoms. The summed E-state index contributed by atoms with van der Waals surface area (Å²) in [7, 11) is 3.84. The van der Waals surface area contributed by atoms with Crippen LogP contribution in [-0.4, -0.2) is 37.1 Å². The normalized spacial score (nSPS) is 16.9. The summed E-state index contributed by atoms with van der Waals surface area (Å²) in [5, 5.41) is 1.16. The Kier molecular flexibility index (Phi) is 3.06. The molecule has 0 saturated carbocycles. The number of rotatable bonds is 2. The Hall–Kier alpha value is -1.39. The Labute approximate surface area is 111 Å². The number of ether oxygens (including phenoxy) is 1. The van der Waals surface area contributed by atoms with E-state index in [1.54, 1.807) is 18.4 Å². The van der Waals surface area contributed by atoms with E-state index in [9.17, 15) is 0 Å². The van der Waals surface area contributed by atoms with Gasteiger partial charge in [0.05, 0.1) is 17.3 Å². The highest BCUT2D eigenvalue weighted by Gasteiger charge is 2.13. The third kappa shape index (κ3) is 2.13. The second kappa shape index (κ2) is 4.71. The second-order valence-corrected chi connectivity index (χ2v) is 5.62. The van der Waals surface area contributed by atoms with Gasteiger partial charge in [-0.3, -0.25) is 0 Å². The molecule has 1 aromatic carbocycles. The van der Waals surface area contributed by atoms with Crippen LogP contribution in [0.4, 0.5) is 0 Å². The molecule has 0 unspecified atom stereocenters. The molecule has 0 N–H and O–H groups in total. The Bertz CT molecular complexity index is 603. The quantitative estimate of drug-likeness (QED) is 0.830. The average molecular weight is 260 g/mol. The molecule has 1 aliphatic heterocycles. The fraction of sp³-hybridized carbons (Fsp3) is 0.357. The maximum Gasteiger partial charge on any atom is 0.121 e. The molecule has 2 heterocycles. The van der Waals surface area contributed by atoms with Crippen molar-refractivity contribution in [2.45, 2.75) is 6.42 Å². The molecule has 0 spiro atoms. The molecule has 18 heavy (non-hydrogen) atoms. The fourth-order valence-corrected chi connectivity index (χ4v) is 3.15. The minimum atomic E-state index is 0.872. The van der Waals surface area contributed by atoms with Gasteiger partial charge in [-0.15, -0.1) is 11.3 Å².